The molecule has 2 aromatic heterocycles. The van der Waals surface area contributed by atoms with Crippen LogP contribution in [0.5, 0.6) is 0 Å². The SMILES string of the molecule is CCOC(=O)c1sc2c(cnc3ccc([N+](=O)[O-])cc32)c1NC(=O)c1ccc(C)cc1. The summed E-state index contributed by atoms with van der Waals surface area (Å²) in [6.07, 6.45) is 1.55. The Labute approximate surface area is 180 Å². The number of anilines is 1. The molecule has 2 heterocycles. The first-order valence-corrected chi connectivity index (χ1v) is 10.3. The number of fused-ring (bicyclic) bond motifs is 3. The molecule has 0 saturated heterocycles. The van der Waals surface area contributed by atoms with Crippen molar-refractivity contribution in [2.24, 2.45) is 0 Å². The number of rotatable bonds is 5. The molecule has 0 unspecified atom stereocenters. The normalized spacial score (nSPS) is 10.9. The van der Waals surface area contributed by atoms with E-state index >= 15 is 0 Å². The zero-order valence-electron chi connectivity index (χ0n) is 16.7. The zero-order valence-corrected chi connectivity index (χ0v) is 17.5. The molecule has 1 amide bonds. The number of hydrogen-bond donors (Lipinski definition) is 1. The lowest BCUT2D eigenvalue weighted by molar-refractivity contribution is -0.384. The molecule has 156 valence electrons. The summed E-state index contributed by atoms with van der Waals surface area (Å²) in [6.45, 7) is 3.78. The van der Waals surface area contributed by atoms with Gasteiger partial charge in [-0.25, -0.2) is 4.79 Å². The van der Waals surface area contributed by atoms with Gasteiger partial charge in [0.25, 0.3) is 11.6 Å². The van der Waals surface area contributed by atoms with Gasteiger partial charge >= 0.3 is 5.97 Å². The van der Waals surface area contributed by atoms with Crippen molar-refractivity contribution in [1.82, 2.24) is 4.98 Å². The molecule has 0 saturated carbocycles. The number of pyridine rings is 1. The van der Waals surface area contributed by atoms with E-state index < -0.39 is 10.9 Å². The van der Waals surface area contributed by atoms with Gasteiger partial charge in [0.1, 0.15) is 4.88 Å². The van der Waals surface area contributed by atoms with E-state index in [1.165, 1.54) is 12.1 Å². The predicted molar refractivity (Wildman–Crippen MR) is 119 cm³/mol. The van der Waals surface area contributed by atoms with Crippen LogP contribution in [-0.4, -0.2) is 28.4 Å². The standard InChI is InChI=1S/C22H17N3O5S/c1-3-30-22(27)20-18(24-21(26)13-6-4-12(2)5-7-13)16-11-23-17-9-8-14(25(28)29)10-15(17)19(16)31-20/h4-11H,3H2,1-2H3,(H,24,26). The number of nitro benzene ring substituents is 1. The Bertz CT molecular complexity index is 1350. The van der Waals surface area contributed by atoms with Gasteiger partial charge in [0.05, 0.1) is 22.7 Å². The van der Waals surface area contributed by atoms with Crippen molar-refractivity contribution < 1.29 is 19.2 Å². The van der Waals surface area contributed by atoms with Crippen LogP contribution in [0, 0.1) is 17.0 Å². The third-order valence-electron chi connectivity index (χ3n) is 4.73. The third-order valence-corrected chi connectivity index (χ3v) is 5.95. The summed E-state index contributed by atoms with van der Waals surface area (Å²) in [5, 5.41) is 15.1. The molecule has 0 aliphatic carbocycles. The van der Waals surface area contributed by atoms with Crippen LogP contribution >= 0.6 is 11.3 Å². The monoisotopic (exact) mass is 435 g/mol. The van der Waals surface area contributed by atoms with Crippen LogP contribution in [0.1, 0.15) is 32.5 Å². The van der Waals surface area contributed by atoms with Crippen molar-refractivity contribution in [3.8, 4) is 0 Å². The number of amides is 1. The van der Waals surface area contributed by atoms with E-state index in [2.05, 4.69) is 10.3 Å². The van der Waals surface area contributed by atoms with Gasteiger partial charge in [-0.05, 0) is 32.0 Å². The summed E-state index contributed by atoms with van der Waals surface area (Å²) >= 11 is 1.11. The van der Waals surface area contributed by atoms with Crippen LogP contribution in [0.2, 0.25) is 0 Å². The number of aromatic nitrogens is 1. The summed E-state index contributed by atoms with van der Waals surface area (Å²) in [5.41, 5.74) is 2.19. The fourth-order valence-electron chi connectivity index (χ4n) is 3.19. The molecule has 0 atom stereocenters. The molecule has 0 radical (unpaired) electrons. The number of nitrogens with zero attached hydrogens (tertiary/aromatic N) is 2. The topological polar surface area (TPSA) is 111 Å². The number of esters is 1. The molecule has 2 aromatic carbocycles. The van der Waals surface area contributed by atoms with Crippen LogP contribution in [-0.2, 0) is 4.74 Å². The predicted octanol–water partition coefficient (Wildman–Crippen LogP) is 5.10. The van der Waals surface area contributed by atoms with Crippen molar-refractivity contribution in [1.29, 1.82) is 0 Å². The lowest BCUT2D eigenvalue weighted by Crippen LogP contribution is -2.14. The fourth-order valence-corrected chi connectivity index (χ4v) is 4.34. The lowest BCUT2D eigenvalue weighted by Gasteiger charge is -2.08. The van der Waals surface area contributed by atoms with Gasteiger partial charge < -0.3 is 10.1 Å². The van der Waals surface area contributed by atoms with Crippen molar-refractivity contribution in [2.75, 3.05) is 11.9 Å². The summed E-state index contributed by atoms with van der Waals surface area (Å²) in [5.74, 6) is -0.967. The number of aryl methyl sites for hydroxylation is 1. The van der Waals surface area contributed by atoms with Gasteiger partial charge in [-0.15, -0.1) is 11.3 Å². The first kappa shape index (κ1) is 20.4. The minimum Gasteiger partial charge on any atom is -0.462 e. The first-order valence-electron chi connectivity index (χ1n) is 9.44. The van der Waals surface area contributed by atoms with Gasteiger partial charge in [-0.3, -0.25) is 19.9 Å². The third kappa shape index (κ3) is 3.82. The van der Waals surface area contributed by atoms with E-state index in [0.29, 0.717) is 26.6 Å². The number of hydrogen-bond acceptors (Lipinski definition) is 7. The van der Waals surface area contributed by atoms with Gasteiger partial charge in [-0.1, -0.05) is 17.7 Å². The smallest absolute Gasteiger partial charge is 0.350 e. The van der Waals surface area contributed by atoms with E-state index in [1.54, 1.807) is 31.3 Å². The van der Waals surface area contributed by atoms with Gasteiger partial charge in [0, 0.05) is 39.4 Å². The lowest BCUT2D eigenvalue weighted by atomic mass is 10.1. The van der Waals surface area contributed by atoms with Gasteiger partial charge in [0.15, 0.2) is 0 Å². The maximum absolute atomic E-state index is 12.8. The number of nitro groups is 1. The summed E-state index contributed by atoms with van der Waals surface area (Å²) < 4.78 is 5.77. The second kappa shape index (κ2) is 8.11. The number of carbonyl (C=O) groups is 2. The summed E-state index contributed by atoms with van der Waals surface area (Å²) in [7, 11) is 0. The molecule has 9 heteroatoms. The molecule has 1 N–H and O–H groups in total. The number of non-ortho nitro benzene ring substituents is 1. The van der Waals surface area contributed by atoms with E-state index in [-0.39, 0.29) is 28.8 Å². The van der Waals surface area contributed by atoms with Crippen LogP contribution in [0.25, 0.3) is 21.0 Å². The van der Waals surface area contributed by atoms with Gasteiger partial charge in [-0.2, -0.15) is 0 Å². The quantitative estimate of drug-likeness (QED) is 0.265. The molecule has 4 aromatic rings. The molecular weight excluding hydrogens is 418 g/mol. The molecule has 0 spiro atoms. The molecular formula is C22H17N3O5S. The Balaban J connectivity index is 1.89. The van der Waals surface area contributed by atoms with Crippen molar-refractivity contribution in [3.05, 3.63) is 74.8 Å². The zero-order chi connectivity index (χ0) is 22.1. The van der Waals surface area contributed by atoms with Gasteiger partial charge in [0.2, 0.25) is 0 Å². The van der Waals surface area contributed by atoms with E-state index in [1.807, 2.05) is 19.1 Å². The largest absolute Gasteiger partial charge is 0.462 e. The molecule has 0 bridgehead atoms. The number of benzene rings is 2. The van der Waals surface area contributed by atoms with Crippen LogP contribution in [0.15, 0.2) is 48.7 Å². The number of ether oxygens (including phenoxy) is 1. The number of thiophene rings is 1. The maximum Gasteiger partial charge on any atom is 0.350 e. The Hall–Kier alpha value is -3.85. The second-order valence-corrected chi connectivity index (χ2v) is 7.83. The first-order chi connectivity index (χ1) is 14.9. The fraction of sp³-hybridized carbons (Fsp3) is 0.136. The average molecular weight is 435 g/mol. The highest BCUT2D eigenvalue weighted by Crippen LogP contribution is 2.40. The Morgan fingerprint density at radius 2 is 1.90 bits per heavy atom. The highest BCUT2D eigenvalue weighted by Gasteiger charge is 2.24. The Morgan fingerprint density at radius 3 is 2.58 bits per heavy atom. The Kier molecular flexibility index (Phi) is 5.35. The van der Waals surface area contributed by atoms with Crippen molar-refractivity contribution in [3.63, 3.8) is 0 Å². The van der Waals surface area contributed by atoms with E-state index in [0.717, 1.165) is 16.9 Å². The molecule has 8 nitrogen and oxygen atoms in total. The minimum absolute atomic E-state index is 0.0851. The molecule has 31 heavy (non-hydrogen) atoms. The van der Waals surface area contributed by atoms with Crippen molar-refractivity contribution in [2.45, 2.75) is 13.8 Å². The Morgan fingerprint density at radius 1 is 1.16 bits per heavy atom. The maximum atomic E-state index is 12.8. The molecule has 0 aliphatic rings. The molecule has 0 aliphatic heterocycles. The molecule has 4 rings (SSSR count). The summed E-state index contributed by atoms with van der Waals surface area (Å²) in [6, 6.07) is 11.4. The van der Waals surface area contributed by atoms with E-state index in [4.69, 9.17) is 4.74 Å². The highest BCUT2D eigenvalue weighted by molar-refractivity contribution is 7.22. The van der Waals surface area contributed by atoms with Crippen LogP contribution in [0.3, 0.4) is 0 Å². The highest BCUT2D eigenvalue weighted by atomic mass is 32.1. The molecule has 0 fully saturated rings. The van der Waals surface area contributed by atoms with Crippen molar-refractivity contribution >= 4 is 55.6 Å². The van der Waals surface area contributed by atoms with E-state index in [9.17, 15) is 19.7 Å². The average Bonchev–Trinajstić information content (AvgIpc) is 3.12. The minimum atomic E-state index is -0.582. The van der Waals surface area contributed by atoms with Crippen LogP contribution in [0.4, 0.5) is 11.4 Å². The number of nitrogens with one attached hydrogen (secondary N) is 1. The second-order valence-electron chi connectivity index (χ2n) is 6.81. The number of carbonyl (C=O) groups excluding carboxylic acids is 2. The van der Waals surface area contributed by atoms with Crippen LogP contribution < -0.4 is 5.32 Å². The summed E-state index contributed by atoms with van der Waals surface area (Å²) in [4.78, 5) is 40.8.